The van der Waals surface area contributed by atoms with Crippen LogP contribution >= 0.6 is 11.6 Å². The second kappa shape index (κ2) is 6.09. The van der Waals surface area contributed by atoms with Gasteiger partial charge in [-0.25, -0.2) is 4.39 Å². The highest BCUT2D eigenvalue weighted by Crippen LogP contribution is 2.23. The average molecular weight is 311 g/mol. The molecule has 21 heavy (non-hydrogen) atoms. The summed E-state index contributed by atoms with van der Waals surface area (Å²) in [7, 11) is 1.88. The fraction of sp³-hybridized carbons (Fsp3) is 0.429. The van der Waals surface area contributed by atoms with E-state index in [9.17, 15) is 4.39 Å². The Morgan fingerprint density at radius 3 is 3.10 bits per heavy atom. The monoisotopic (exact) mass is 310 g/mol. The van der Waals surface area contributed by atoms with Crippen LogP contribution in [0, 0.1) is 5.82 Å². The molecule has 0 radical (unpaired) electrons. The molecule has 1 unspecified atom stereocenters. The van der Waals surface area contributed by atoms with E-state index >= 15 is 0 Å². The summed E-state index contributed by atoms with van der Waals surface area (Å²) in [6.07, 6.45) is 1.50. The number of rotatable bonds is 3. The Balaban J connectivity index is 1.72. The summed E-state index contributed by atoms with van der Waals surface area (Å²) in [6, 6.07) is 4.63. The third-order valence-electron chi connectivity index (χ3n) is 3.59. The lowest BCUT2D eigenvalue weighted by Crippen LogP contribution is -2.38. The van der Waals surface area contributed by atoms with Crippen molar-refractivity contribution < 1.29 is 9.13 Å². The number of halogens is 2. The number of hydrogen-bond donors (Lipinski definition) is 0. The lowest BCUT2D eigenvalue weighted by Gasteiger charge is -2.32. The van der Waals surface area contributed by atoms with Gasteiger partial charge in [0.2, 0.25) is 0 Å². The Morgan fingerprint density at radius 2 is 2.33 bits per heavy atom. The van der Waals surface area contributed by atoms with Crippen LogP contribution < -0.4 is 0 Å². The lowest BCUT2D eigenvalue weighted by atomic mass is 10.1. The van der Waals surface area contributed by atoms with Crippen molar-refractivity contribution in [2.45, 2.75) is 12.6 Å². The summed E-state index contributed by atoms with van der Waals surface area (Å²) in [5.74, 6) is 0.548. The molecule has 112 valence electrons. The molecule has 0 aliphatic carbocycles. The topological polar surface area (TPSA) is 43.2 Å². The third kappa shape index (κ3) is 3.23. The van der Waals surface area contributed by atoms with Crippen LogP contribution in [0.3, 0.4) is 0 Å². The first kappa shape index (κ1) is 14.4. The Bertz CT molecular complexity index is 633. The lowest BCUT2D eigenvalue weighted by molar-refractivity contribution is -0.0388. The number of nitrogens with zero attached hydrogens (tertiary/aromatic N) is 4. The average Bonchev–Trinajstić information content (AvgIpc) is 2.89. The van der Waals surface area contributed by atoms with Gasteiger partial charge in [-0.1, -0.05) is 11.6 Å². The number of morpholine rings is 1. The first-order valence-corrected chi connectivity index (χ1v) is 7.13. The molecule has 0 saturated carbocycles. The summed E-state index contributed by atoms with van der Waals surface area (Å²) in [6.45, 7) is 2.49. The molecule has 0 amide bonds. The van der Waals surface area contributed by atoms with E-state index in [1.165, 1.54) is 6.07 Å². The van der Waals surface area contributed by atoms with Crippen LogP contribution in [0.2, 0.25) is 5.02 Å². The van der Waals surface area contributed by atoms with Crippen molar-refractivity contribution in [3.8, 4) is 0 Å². The van der Waals surface area contributed by atoms with Crippen LogP contribution in [0.1, 0.15) is 17.5 Å². The Hall–Kier alpha value is -1.50. The minimum atomic E-state index is -0.235. The molecule has 5 nitrogen and oxygen atoms in total. The van der Waals surface area contributed by atoms with Gasteiger partial charge in [-0.15, -0.1) is 10.2 Å². The number of hydrogen-bond acceptors (Lipinski definition) is 4. The predicted molar refractivity (Wildman–Crippen MR) is 76.4 cm³/mol. The van der Waals surface area contributed by atoms with Gasteiger partial charge in [0.25, 0.3) is 0 Å². The fourth-order valence-corrected chi connectivity index (χ4v) is 2.69. The van der Waals surface area contributed by atoms with Gasteiger partial charge in [0.15, 0.2) is 5.82 Å². The first-order chi connectivity index (χ1) is 10.1. The zero-order valence-electron chi connectivity index (χ0n) is 11.7. The Kier molecular flexibility index (Phi) is 4.19. The molecule has 1 atom stereocenters. The second-order valence-electron chi connectivity index (χ2n) is 5.13. The molecule has 1 aliphatic rings. The maximum absolute atomic E-state index is 13.8. The highest BCUT2D eigenvalue weighted by Gasteiger charge is 2.25. The SMILES string of the molecule is Cn1cnnc1C1CN(Cc2cc(Cl)ccc2F)CCO1. The van der Waals surface area contributed by atoms with E-state index < -0.39 is 0 Å². The minimum Gasteiger partial charge on any atom is -0.368 e. The standard InChI is InChI=1S/C14H16ClFN4O/c1-19-9-17-18-14(19)13-8-20(4-5-21-13)7-10-6-11(15)2-3-12(10)16/h2-3,6,9,13H,4-5,7-8H2,1H3. The summed E-state index contributed by atoms with van der Waals surface area (Å²) in [5.41, 5.74) is 0.598. The molecule has 1 aromatic heterocycles. The zero-order valence-corrected chi connectivity index (χ0v) is 12.4. The molecule has 0 spiro atoms. The van der Waals surface area contributed by atoms with Crippen molar-refractivity contribution >= 4 is 11.6 Å². The summed E-state index contributed by atoms with van der Waals surface area (Å²) in [5, 5.41) is 8.49. The van der Waals surface area contributed by atoms with E-state index in [1.807, 2.05) is 11.6 Å². The molecule has 0 N–H and O–H groups in total. The second-order valence-corrected chi connectivity index (χ2v) is 5.57. The highest BCUT2D eigenvalue weighted by atomic mass is 35.5. The molecule has 2 aromatic rings. The molecule has 3 rings (SSSR count). The quantitative estimate of drug-likeness (QED) is 0.871. The van der Waals surface area contributed by atoms with Crippen LogP contribution in [-0.4, -0.2) is 39.4 Å². The van der Waals surface area contributed by atoms with Gasteiger partial charge in [0, 0.05) is 37.3 Å². The summed E-state index contributed by atoms with van der Waals surface area (Å²) in [4.78, 5) is 2.14. The number of benzene rings is 1. The fourth-order valence-electron chi connectivity index (χ4n) is 2.49. The minimum absolute atomic E-state index is 0.145. The van der Waals surface area contributed by atoms with E-state index in [0.29, 0.717) is 30.3 Å². The van der Waals surface area contributed by atoms with Gasteiger partial charge in [0.05, 0.1) is 6.61 Å². The molecule has 2 heterocycles. The van der Waals surface area contributed by atoms with E-state index in [-0.39, 0.29) is 11.9 Å². The van der Waals surface area contributed by atoms with Crippen molar-refractivity contribution in [3.05, 3.63) is 46.8 Å². The van der Waals surface area contributed by atoms with E-state index in [0.717, 1.165) is 12.4 Å². The van der Waals surface area contributed by atoms with Gasteiger partial charge < -0.3 is 9.30 Å². The van der Waals surface area contributed by atoms with Crippen LogP contribution in [0.15, 0.2) is 24.5 Å². The summed E-state index contributed by atoms with van der Waals surface area (Å²) < 4.78 is 21.4. The van der Waals surface area contributed by atoms with E-state index in [2.05, 4.69) is 15.1 Å². The smallest absolute Gasteiger partial charge is 0.163 e. The molecule has 1 aromatic carbocycles. The third-order valence-corrected chi connectivity index (χ3v) is 3.82. The van der Waals surface area contributed by atoms with Crippen molar-refractivity contribution in [1.82, 2.24) is 19.7 Å². The highest BCUT2D eigenvalue weighted by molar-refractivity contribution is 6.30. The Labute approximate surface area is 127 Å². The van der Waals surface area contributed by atoms with Crippen molar-refractivity contribution in [3.63, 3.8) is 0 Å². The van der Waals surface area contributed by atoms with Crippen molar-refractivity contribution in [2.24, 2.45) is 7.05 Å². The van der Waals surface area contributed by atoms with Crippen molar-refractivity contribution in [2.75, 3.05) is 19.7 Å². The maximum atomic E-state index is 13.8. The zero-order chi connectivity index (χ0) is 14.8. The molecule has 1 fully saturated rings. The number of ether oxygens (including phenoxy) is 1. The molecule has 1 saturated heterocycles. The Morgan fingerprint density at radius 1 is 1.48 bits per heavy atom. The van der Waals surface area contributed by atoms with Crippen LogP contribution in [0.5, 0.6) is 0 Å². The van der Waals surface area contributed by atoms with Gasteiger partial charge in [-0.3, -0.25) is 4.90 Å². The normalized spacial score (nSPS) is 19.9. The first-order valence-electron chi connectivity index (χ1n) is 6.75. The van der Waals surface area contributed by atoms with Crippen LogP contribution in [0.25, 0.3) is 0 Å². The van der Waals surface area contributed by atoms with Gasteiger partial charge >= 0.3 is 0 Å². The van der Waals surface area contributed by atoms with E-state index in [4.69, 9.17) is 16.3 Å². The van der Waals surface area contributed by atoms with Crippen LogP contribution in [-0.2, 0) is 18.3 Å². The summed E-state index contributed by atoms with van der Waals surface area (Å²) >= 11 is 5.93. The largest absolute Gasteiger partial charge is 0.368 e. The molecule has 1 aliphatic heterocycles. The van der Waals surface area contributed by atoms with Crippen molar-refractivity contribution in [1.29, 1.82) is 0 Å². The number of aryl methyl sites for hydroxylation is 1. The van der Waals surface area contributed by atoms with Gasteiger partial charge in [-0.2, -0.15) is 0 Å². The van der Waals surface area contributed by atoms with E-state index in [1.54, 1.807) is 18.5 Å². The van der Waals surface area contributed by atoms with Gasteiger partial charge in [-0.05, 0) is 18.2 Å². The predicted octanol–water partition coefficient (Wildman–Crippen LogP) is 2.18. The molecular weight excluding hydrogens is 295 g/mol. The van der Waals surface area contributed by atoms with Gasteiger partial charge in [0.1, 0.15) is 18.2 Å². The number of aromatic nitrogens is 3. The molecule has 7 heteroatoms. The molecule has 0 bridgehead atoms. The maximum Gasteiger partial charge on any atom is 0.163 e. The molecular formula is C14H16ClFN4O. The van der Waals surface area contributed by atoms with Crippen LogP contribution in [0.4, 0.5) is 4.39 Å².